The van der Waals surface area contributed by atoms with E-state index in [9.17, 15) is 0 Å². The van der Waals surface area contributed by atoms with E-state index in [1.54, 1.807) is 0 Å². The second-order valence-electron chi connectivity index (χ2n) is 6.66. The molecule has 1 aliphatic rings. The van der Waals surface area contributed by atoms with Gasteiger partial charge in [0.2, 0.25) is 0 Å². The first-order valence-corrected chi connectivity index (χ1v) is 7.27. The van der Waals surface area contributed by atoms with Gasteiger partial charge in [0.15, 0.2) is 0 Å². The van der Waals surface area contributed by atoms with E-state index in [1.807, 2.05) is 13.0 Å². The molecule has 1 N–H and O–H groups in total. The summed E-state index contributed by atoms with van der Waals surface area (Å²) in [5.41, 5.74) is 2.01. The molecule has 106 valence electrons. The average Bonchev–Trinajstić information content (AvgIpc) is 2.75. The van der Waals surface area contributed by atoms with Crippen LogP contribution in [0, 0.1) is 16.7 Å². The Labute approximate surface area is 117 Å². The summed E-state index contributed by atoms with van der Waals surface area (Å²) >= 11 is 0. The van der Waals surface area contributed by atoms with Gasteiger partial charge in [-0.3, -0.25) is 0 Å². The van der Waals surface area contributed by atoms with E-state index < -0.39 is 0 Å². The van der Waals surface area contributed by atoms with Crippen LogP contribution >= 0.6 is 0 Å². The van der Waals surface area contributed by atoms with Crippen molar-refractivity contribution in [1.82, 2.24) is 5.32 Å². The summed E-state index contributed by atoms with van der Waals surface area (Å²) in [6, 6.07) is 8.77. The predicted octanol–water partition coefficient (Wildman–Crippen LogP) is 4.03. The fourth-order valence-electron chi connectivity index (χ4n) is 3.61. The van der Waals surface area contributed by atoms with Gasteiger partial charge in [-0.25, -0.2) is 0 Å². The zero-order chi connectivity index (χ0) is 14.3. The van der Waals surface area contributed by atoms with Crippen LogP contribution in [0.5, 0.6) is 5.75 Å². The van der Waals surface area contributed by atoms with Gasteiger partial charge in [0.1, 0.15) is 5.75 Å². The first-order valence-electron chi connectivity index (χ1n) is 7.27. The number of nitrogens with one attached hydrogen (secondary N) is 1. The van der Waals surface area contributed by atoms with Gasteiger partial charge < -0.3 is 10.1 Å². The molecule has 0 heterocycles. The molecule has 2 heteroatoms. The largest absolute Gasteiger partial charge is 0.494 e. The lowest BCUT2D eigenvalue weighted by molar-refractivity contribution is 0.325. The van der Waals surface area contributed by atoms with Gasteiger partial charge in [0.05, 0.1) is 6.61 Å². The lowest BCUT2D eigenvalue weighted by Crippen LogP contribution is -2.22. The molecule has 0 aliphatic heterocycles. The fraction of sp³-hybridized carbons (Fsp3) is 0.647. The average molecular weight is 261 g/mol. The Bertz CT molecular complexity index is 436. The van der Waals surface area contributed by atoms with Crippen LogP contribution < -0.4 is 10.1 Å². The van der Waals surface area contributed by atoms with Crippen molar-refractivity contribution in [1.29, 1.82) is 0 Å². The van der Waals surface area contributed by atoms with Crippen LogP contribution in [0.1, 0.15) is 46.2 Å². The van der Waals surface area contributed by atoms with Crippen molar-refractivity contribution in [2.75, 3.05) is 13.7 Å². The Hall–Kier alpha value is -1.02. The van der Waals surface area contributed by atoms with Crippen molar-refractivity contribution in [2.24, 2.45) is 16.7 Å². The highest BCUT2D eigenvalue weighted by Crippen LogP contribution is 2.72. The molecule has 1 unspecified atom stereocenters. The van der Waals surface area contributed by atoms with E-state index in [-0.39, 0.29) is 0 Å². The number of hydrogen-bond donors (Lipinski definition) is 1. The van der Waals surface area contributed by atoms with E-state index in [2.05, 4.69) is 58.3 Å². The molecule has 19 heavy (non-hydrogen) atoms. The molecule has 2 nitrogen and oxygen atoms in total. The minimum absolute atomic E-state index is 0.354. The third-order valence-electron chi connectivity index (χ3n) is 5.33. The fourth-order valence-corrected chi connectivity index (χ4v) is 3.61. The van der Waals surface area contributed by atoms with Crippen molar-refractivity contribution in [3.63, 3.8) is 0 Å². The van der Waals surface area contributed by atoms with Crippen molar-refractivity contribution < 1.29 is 4.74 Å². The van der Waals surface area contributed by atoms with Crippen LogP contribution in [0.15, 0.2) is 24.3 Å². The molecule has 1 atom stereocenters. The van der Waals surface area contributed by atoms with E-state index in [1.165, 1.54) is 5.56 Å². The van der Waals surface area contributed by atoms with Crippen LogP contribution in [0.3, 0.4) is 0 Å². The zero-order valence-electron chi connectivity index (χ0n) is 13.1. The number of benzene rings is 1. The minimum atomic E-state index is 0.354. The summed E-state index contributed by atoms with van der Waals surface area (Å²) in [6.07, 6.45) is 0. The molecule has 0 radical (unpaired) electrons. The Morgan fingerprint density at radius 2 is 1.74 bits per heavy atom. The van der Waals surface area contributed by atoms with Gasteiger partial charge in [-0.15, -0.1) is 0 Å². The molecule has 1 aromatic carbocycles. The van der Waals surface area contributed by atoms with Crippen LogP contribution in [0.2, 0.25) is 0 Å². The van der Waals surface area contributed by atoms with E-state index in [4.69, 9.17) is 4.74 Å². The maximum Gasteiger partial charge on any atom is 0.124 e. The van der Waals surface area contributed by atoms with Crippen molar-refractivity contribution >= 4 is 0 Å². The van der Waals surface area contributed by atoms with Gasteiger partial charge in [-0.05, 0) is 36.8 Å². The van der Waals surface area contributed by atoms with Gasteiger partial charge in [0.25, 0.3) is 0 Å². The minimum Gasteiger partial charge on any atom is -0.494 e. The molecule has 1 aliphatic carbocycles. The summed E-state index contributed by atoms with van der Waals surface area (Å²) < 4.78 is 5.79. The molecular formula is C17H27NO. The lowest BCUT2D eigenvalue weighted by atomic mass is 9.96. The summed E-state index contributed by atoms with van der Waals surface area (Å²) in [5, 5.41) is 3.51. The summed E-state index contributed by atoms with van der Waals surface area (Å²) in [5.74, 6) is 1.65. The Balaban J connectivity index is 2.34. The lowest BCUT2D eigenvalue weighted by Gasteiger charge is -2.22. The Morgan fingerprint density at radius 1 is 1.16 bits per heavy atom. The van der Waals surface area contributed by atoms with E-state index in [0.717, 1.165) is 5.75 Å². The normalized spacial score (nSPS) is 22.0. The van der Waals surface area contributed by atoms with Crippen LogP contribution in [-0.4, -0.2) is 13.7 Å². The van der Waals surface area contributed by atoms with E-state index in [0.29, 0.717) is 29.4 Å². The van der Waals surface area contributed by atoms with Crippen molar-refractivity contribution in [3.05, 3.63) is 29.8 Å². The number of hydrogen-bond acceptors (Lipinski definition) is 2. The molecule has 1 fully saturated rings. The molecule has 0 aromatic heterocycles. The third kappa shape index (κ3) is 2.16. The van der Waals surface area contributed by atoms with Crippen LogP contribution in [0.25, 0.3) is 0 Å². The topological polar surface area (TPSA) is 21.3 Å². The maximum absolute atomic E-state index is 5.79. The first kappa shape index (κ1) is 14.4. The number of rotatable bonds is 5. The van der Waals surface area contributed by atoms with E-state index >= 15 is 0 Å². The van der Waals surface area contributed by atoms with Gasteiger partial charge >= 0.3 is 0 Å². The van der Waals surface area contributed by atoms with Crippen molar-refractivity contribution in [3.8, 4) is 5.75 Å². The molecule has 1 aromatic rings. The molecule has 0 bridgehead atoms. The summed E-state index contributed by atoms with van der Waals surface area (Å²) in [4.78, 5) is 0. The highest BCUT2D eigenvalue weighted by molar-refractivity contribution is 5.39. The second kappa shape index (κ2) is 4.82. The Morgan fingerprint density at radius 3 is 2.21 bits per heavy atom. The highest BCUT2D eigenvalue weighted by Gasteiger charge is 2.67. The molecular weight excluding hydrogens is 234 g/mol. The van der Waals surface area contributed by atoms with Gasteiger partial charge in [-0.1, -0.05) is 45.9 Å². The van der Waals surface area contributed by atoms with Crippen LogP contribution in [-0.2, 0) is 0 Å². The number of ether oxygens (including phenoxy) is 1. The van der Waals surface area contributed by atoms with Crippen LogP contribution in [0.4, 0.5) is 0 Å². The third-order valence-corrected chi connectivity index (χ3v) is 5.33. The SMILES string of the molecule is CCOc1ccccc1C(NC)C1C(C)(C)C1(C)C. The standard InChI is InChI=1S/C17H27NO/c1-7-19-13-11-9-8-10-12(13)14(18-6)15-16(2,3)17(15,4)5/h8-11,14-15,18H,7H2,1-6H3. The zero-order valence-corrected chi connectivity index (χ0v) is 13.1. The molecule has 2 rings (SSSR count). The Kier molecular flexibility index (Phi) is 3.65. The molecule has 0 amide bonds. The first-order chi connectivity index (χ1) is 8.87. The van der Waals surface area contributed by atoms with Gasteiger partial charge in [0, 0.05) is 11.6 Å². The maximum atomic E-state index is 5.79. The molecule has 0 spiro atoms. The van der Waals surface area contributed by atoms with Gasteiger partial charge in [-0.2, -0.15) is 0 Å². The quantitative estimate of drug-likeness (QED) is 0.864. The predicted molar refractivity (Wildman–Crippen MR) is 80.5 cm³/mol. The number of para-hydroxylation sites is 1. The molecule has 1 saturated carbocycles. The summed E-state index contributed by atoms with van der Waals surface area (Å²) in [6.45, 7) is 12.2. The molecule has 0 saturated heterocycles. The highest BCUT2D eigenvalue weighted by atomic mass is 16.5. The summed E-state index contributed by atoms with van der Waals surface area (Å²) in [7, 11) is 2.05. The monoisotopic (exact) mass is 261 g/mol. The van der Waals surface area contributed by atoms with Crippen molar-refractivity contribution in [2.45, 2.75) is 40.7 Å². The second-order valence-corrected chi connectivity index (χ2v) is 6.66. The smallest absolute Gasteiger partial charge is 0.124 e.